The summed E-state index contributed by atoms with van der Waals surface area (Å²) in [7, 11) is 0. The molecule has 2 aromatic carbocycles. The van der Waals surface area contributed by atoms with Crippen molar-refractivity contribution in [2.75, 3.05) is 10.6 Å². The van der Waals surface area contributed by atoms with Crippen LogP contribution in [0.3, 0.4) is 0 Å². The number of carbonyl (C=O) groups excluding carboxylic acids is 1. The van der Waals surface area contributed by atoms with Crippen molar-refractivity contribution < 1.29 is 4.79 Å². The molecule has 0 saturated heterocycles. The predicted octanol–water partition coefficient (Wildman–Crippen LogP) is 4.00. The molecule has 0 radical (unpaired) electrons. The van der Waals surface area contributed by atoms with Crippen molar-refractivity contribution >= 4 is 34.8 Å². The van der Waals surface area contributed by atoms with Gasteiger partial charge in [0, 0.05) is 12.4 Å². The number of aromatic nitrogens is 2. The largest absolute Gasteiger partial charge is 0.323 e. The molecule has 2 N–H and O–H groups in total. The molecule has 0 aliphatic carbocycles. The van der Waals surface area contributed by atoms with Gasteiger partial charge in [0.1, 0.15) is 6.07 Å². The van der Waals surface area contributed by atoms with Crippen LogP contribution in [0.25, 0.3) is 0 Å². The monoisotopic (exact) mass is 349 g/mol. The first-order chi connectivity index (χ1) is 12.2. The molecule has 1 aromatic heterocycles. The molecule has 1 heterocycles. The van der Waals surface area contributed by atoms with Gasteiger partial charge in [-0.25, -0.2) is 9.97 Å². The molecule has 3 rings (SSSR count). The number of anilines is 3. The third-order valence-electron chi connectivity index (χ3n) is 3.33. The molecule has 0 unspecified atom stereocenters. The van der Waals surface area contributed by atoms with E-state index in [0.29, 0.717) is 27.5 Å². The highest BCUT2D eigenvalue weighted by Gasteiger charge is 2.10. The lowest BCUT2D eigenvalue weighted by atomic mass is 10.2. The van der Waals surface area contributed by atoms with Gasteiger partial charge >= 0.3 is 0 Å². The van der Waals surface area contributed by atoms with Gasteiger partial charge in [0.25, 0.3) is 5.91 Å². The van der Waals surface area contributed by atoms with Crippen molar-refractivity contribution in [3.8, 4) is 6.07 Å². The van der Waals surface area contributed by atoms with E-state index in [1.807, 2.05) is 0 Å². The number of halogens is 1. The highest BCUT2D eigenvalue weighted by molar-refractivity contribution is 6.33. The van der Waals surface area contributed by atoms with Crippen LogP contribution >= 0.6 is 11.6 Å². The van der Waals surface area contributed by atoms with E-state index in [1.165, 1.54) is 12.4 Å². The van der Waals surface area contributed by atoms with Gasteiger partial charge < -0.3 is 10.6 Å². The number of nitriles is 1. The van der Waals surface area contributed by atoms with E-state index in [1.54, 1.807) is 48.5 Å². The maximum Gasteiger partial charge on any atom is 0.258 e. The van der Waals surface area contributed by atoms with Crippen LogP contribution in [-0.4, -0.2) is 15.9 Å². The number of rotatable bonds is 4. The lowest BCUT2D eigenvalue weighted by Crippen LogP contribution is -2.13. The zero-order valence-corrected chi connectivity index (χ0v) is 13.7. The minimum atomic E-state index is -0.364. The van der Waals surface area contributed by atoms with Crippen LogP contribution in [0, 0.1) is 11.3 Å². The predicted molar refractivity (Wildman–Crippen MR) is 95.9 cm³/mol. The van der Waals surface area contributed by atoms with Gasteiger partial charge in [-0.15, -0.1) is 0 Å². The number of nitrogens with one attached hydrogen (secondary N) is 2. The molecule has 0 spiro atoms. The van der Waals surface area contributed by atoms with E-state index in [0.717, 1.165) is 0 Å². The number of hydrogen-bond donors (Lipinski definition) is 2. The molecule has 0 aliphatic heterocycles. The summed E-state index contributed by atoms with van der Waals surface area (Å²) in [6.07, 6.45) is 2.80. The van der Waals surface area contributed by atoms with Crippen LogP contribution in [0.15, 0.2) is 60.9 Å². The van der Waals surface area contributed by atoms with Gasteiger partial charge in [-0.1, -0.05) is 35.9 Å². The summed E-state index contributed by atoms with van der Waals surface area (Å²) in [4.78, 5) is 20.4. The summed E-state index contributed by atoms with van der Waals surface area (Å²) in [6.45, 7) is 0. The molecular formula is C18H12ClN5O. The van der Waals surface area contributed by atoms with Crippen LogP contribution in [0.2, 0.25) is 5.02 Å². The van der Waals surface area contributed by atoms with Crippen molar-refractivity contribution in [1.82, 2.24) is 9.97 Å². The molecule has 3 aromatic rings. The normalized spacial score (nSPS) is 9.92. The number of amides is 1. The summed E-state index contributed by atoms with van der Waals surface area (Å²) in [5, 5.41) is 15.2. The molecule has 7 heteroatoms. The Morgan fingerprint density at radius 1 is 1.00 bits per heavy atom. The number of carbonyl (C=O) groups is 1. The second-order valence-corrected chi connectivity index (χ2v) is 5.42. The van der Waals surface area contributed by atoms with Crippen molar-refractivity contribution in [2.24, 2.45) is 0 Å². The van der Waals surface area contributed by atoms with Crippen LogP contribution in [0.5, 0.6) is 0 Å². The highest BCUT2D eigenvalue weighted by Crippen LogP contribution is 2.21. The van der Waals surface area contributed by atoms with E-state index in [2.05, 4.69) is 26.7 Å². The Hall–Kier alpha value is -3.43. The summed E-state index contributed by atoms with van der Waals surface area (Å²) in [5.41, 5.74) is 1.88. The average Bonchev–Trinajstić information content (AvgIpc) is 2.64. The van der Waals surface area contributed by atoms with Gasteiger partial charge in [-0.2, -0.15) is 5.26 Å². The van der Waals surface area contributed by atoms with Gasteiger partial charge in [-0.05, 0) is 24.3 Å². The molecule has 0 aliphatic rings. The van der Waals surface area contributed by atoms with Crippen LogP contribution in [-0.2, 0) is 0 Å². The summed E-state index contributed by atoms with van der Waals surface area (Å²) < 4.78 is 0. The van der Waals surface area contributed by atoms with E-state index in [9.17, 15) is 4.79 Å². The van der Waals surface area contributed by atoms with Gasteiger partial charge in [0.2, 0.25) is 5.95 Å². The molecule has 0 atom stereocenters. The van der Waals surface area contributed by atoms with Crippen molar-refractivity contribution in [3.63, 3.8) is 0 Å². The summed E-state index contributed by atoms with van der Waals surface area (Å²) >= 11 is 6.02. The summed E-state index contributed by atoms with van der Waals surface area (Å²) in [5.74, 6) is -0.0749. The first-order valence-corrected chi connectivity index (χ1v) is 7.69. The minimum absolute atomic E-state index is 0.289. The molecular weight excluding hydrogens is 338 g/mol. The van der Waals surface area contributed by atoms with Crippen LogP contribution in [0.4, 0.5) is 17.3 Å². The second kappa shape index (κ2) is 7.43. The molecule has 6 nitrogen and oxygen atoms in total. The minimum Gasteiger partial charge on any atom is -0.323 e. The maximum absolute atomic E-state index is 12.2. The van der Waals surface area contributed by atoms with E-state index >= 15 is 0 Å². The molecule has 1 amide bonds. The van der Waals surface area contributed by atoms with E-state index < -0.39 is 0 Å². The smallest absolute Gasteiger partial charge is 0.258 e. The fourth-order valence-electron chi connectivity index (χ4n) is 2.08. The first-order valence-electron chi connectivity index (χ1n) is 7.31. The molecule has 0 fully saturated rings. The fourth-order valence-corrected chi connectivity index (χ4v) is 2.26. The van der Waals surface area contributed by atoms with Gasteiger partial charge in [0.15, 0.2) is 0 Å². The van der Waals surface area contributed by atoms with Crippen LogP contribution in [0.1, 0.15) is 15.9 Å². The number of benzene rings is 2. The number of hydrogen-bond acceptors (Lipinski definition) is 5. The highest BCUT2D eigenvalue weighted by atomic mass is 35.5. The Kier molecular flexibility index (Phi) is 4.88. The Morgan fingerprint density at radius 2 is 1.64 bits per heavy atom. The molecule has 0 bridgehead atoms. The van der Waals surface area contributed by atoms with E-state index in [-0.39, 0.29) is 11.9 Å². The molecule has 25 heavy (non-hydrogen) atoms. The van der Waals surface area contributed by atoms with Crippen molar-refractivity contribution in [2.45, 2.75) is 0 Å². The van der Waals surface area contributed by atoms with Gasteiger partial charge in [0.05, 0.1) is 27.5 Å². The lowest BCUT2D eigenvalue weighted by Gasteiger charge is -2.08. The molecule has 0 saturated carbocycles. The van der Waals surface area contributed by atoms with Gasteiger partial charge in [-0.3, -0.25) is 4.79 Å². The number of nitrogens with zero attached hydrogens (tertiary/aromatic N) is 3. The quantitative estimate of drug-likeness (QED) is 0.743. The Balaban J connectivity index is 1.73. The number of para-hydroxylation sites is 2. The zero-order chi connectivity index (χ0) is 17.6. The topological polar surface area (TPSA) is 90.7 Å². The Labute approximate surface area is 149 Å². The van der Waals surface area contributed by atoms with E-state index in [4.69, 9.17) is 16.9 Å². The third-order valence-corrected chi connectivity index (χ3v) is 3.66. The fraction of sp³-hybridized carbons (Fsp3) is 0. The zero-order valence-electron chi connectivity index (χ0n) is 12.9. The third kappa shape index (κ3) is 3.91. The summed E-state index contributed by atoms with van der Waals surface area (Å²) in [6, 6.07) is 16.0. The second-order valence-electron chi connectivity index (χ2n) is 5.01. The van der Waals surface area contributed by atoms with Crippen LogP contribution < -0.4 is 10.6 Å². The Morgan fingerprint density at radius 3 is 2.32 bits per heavy atom. The maximum atomic E-state index is 12.2. The van der Waals surface area contributed by atoms with Crippen molar-refractivity contribution in [3.05, 3.63) is 77.1 Å². The SMILES string of the molecule is N#Cc1ccccc1Nc1ncc(C(=O)Nc2ccccc2Cl)cn1. The first kappa shape index (κ1) is 16.4. The molecule has 122 valence electrons. The lowest BCUT2D eigenvalue weighted by molar-refractivity contribution is 0.102. The standard InChI is InChI=1S/C18H12ClN5O/c19-14-6-2-4-8-16(14)23-17(25)13-10-21-18(22-11-13)24-15-7-3-1-5-12(15)9-20/h1-8,10-11H,(H,23,25)(H,21,22,24). The Bertz CT molecular complexity index is 950. The average molecular weight is 350 g/mol. The van der Waals surface area contributed by atoms with Crippen molar-refractivity contribution in [1.29, 1.82) is 5.26 Å².